The van der Waals surface area contributed by atoms with E-state index in [-0.39, 0.29) is 0 Å². The first-order chi connectivity index (χ1) is 8.33. The highest BCUT2D eigenvalue weighted by Gasteiger charge is 2.19. The third-order valence-corrected chi connectivity index (χ3v) is 6.39. The van der Waals surface area contributed by atoms with E-state index in [0.717, 1.165) is 23.5 Å². The van der Waals surface area contributed by atoms with Crippen LogP contribution < -0.4 is 0 Å². The lowest BCUT2D eigenvalue weighted by Crippen LogP contribution is -2.29. The fourth-order valence-electron chi connectivity index (χ4n) is 2.19. The van der Waals surface area contributed by atoms with Crippen LogP contribution in [-0.2, 0) is 19.5 Å². The highest BCUT2D eigenvalue weighted by Crippen LogP contribution is 2.30. The monoisotopic (exact) mass is 279 g/mol. The second kappa shape index (κ2) is 4.98. The summed E-state index contributed by atoms with van der Waals surface area (Å²) in [5.41, 5.74) is 2.80. The van der Waals surface area contributed by atoms with Crippen molar-refractivity contribution in [3.63, 3.8) is 0 Å². The van der Waals surface area contributed by atoms with Gasteiger partial charge in [-0.3, -0.25) is 4.90 Å². The minimum Gasteiger partial charge on any atom is -0.294 e. The van der Waals surface area contributed by atoms with Crippen LogP contribution in [0.3, 0.4) is 0 Å². The molecule has 0 bridgehead atoms. The first-order valence-corrected chi connectivity index (χ1v) is 8.26. The van der Waals surface area contributed by atoms with E-state index in [1.165, 1.54) is 22.4 Å². The van der Waals surface area contributed by atoms with Gasteiger partial charge in [0.15, 0.2) is 0 Å². The Bertz CT molecular complexity index is 556. The van der Waals surface area contributed by atoms with Crippen LogP contribution in [0.4, 0.5) is 0 Å². The van der Waals surface area contributed by atoms with Crippen molar-refractivity contribution in [2.45, 2.75) is 19.5 Å². The van der Waals surface area contributed by atoms with Crippen molar-refractivity contribution in [3.05, 3.63) is 50.2 Å². The van der Waals surface area contributed by atoms with Gasteiger partial charge >= 0.3 is 0 Å². The van der Waals surface area contributed by atoms with Crippen LogP contribution in [0.15, 0.2) is 30.3 Å². The van der Waals surface area contributed by atoms with Crippen molar-refractivity contribution in [2.24, 2.45) is 0 Å². The summed E-state index contributed by atoms with van der Waals surface area (Å²) >= 11 is 5.39. The van der Waals surface area contributed by atoms with Crippen molar-refractivity contribution in [3.8, 4) is 0 Å². The molecule has 88 valence electrons. The maximum absolute atomic E-state index is 5.39. The van der Waals surface area contributed by atoms with E-state index in [4.69, 9.17) is 12.2 Å². The van der Waals surface area contributed by atoms with Crippen LogP contribution in [0.1, 0.15) is 16.0 Å². The Balaban J connectivity index is 1.76. The molecule has 0 atom stereocenters. The van der Waals surface area contributed by atoms with Crippen molar-refractivity contribution < 1.29 is 0 Å². The zero-order valence-electron chi connectivity index (χ0n) is 9.39. The average molecular weight is 279 g/mol. The summed E-state index contributed by atoms with van der Waals surface area (Å²) in [6.07, 6.45) is 1.17. The maximum Gasteiger partial charge on any atom is 0.106 e. The van der Waals surface area contributed by atoms with Crippen LogP contribution >= 0.6 is 32.9 Å². The van der Waals surface area contributed by atoms with E-state index in [9.17, 15) is 0 Å². The largest absolute Gasteiger partial charge is 0.294 e. The summed E-state index contributed by atoms with van der Waals surface area (Å²) in [6.45, 7) is 3.22. The third-order valence-electron chi connectivity index (χ3n) is 3.09. The summed E-state index contributed by atoms with van der Waals surface area (Å²) in [7, 11) is 3.63. The zero-order valence-corrected chi connectivity index (χ0v) is 11.8. The Hall–Kier alpha value is -0.550. The highest BCUT2D eigenvalue weighted by atomic mass is 32.9. The highest BCUT2D eigenvalue weighted by molar-refractivity contribution is 7.79. The van der Waals surface area contributed by atoms with Gasteiger partial charge in [0.1, 0.15) is 3.82 Å². The summed E-state index contributed by atoms with van der Waals surface area (Å²) in [5, 5.41) is 0. The molecule has 0 unspecified atom stereocenters. The predicted molar refractivity (Wildman–Crippen MR) is 77.3 cm³/mol. The molecule has 1 aliphatic heterocycles. The second-order valence-corrected chi connectivity index (χ2v) is 7.20. The standard InChI is InChI=1S/C13H13NS3/c15-13-11-9-14(7-6-12(11)16-17-13)8-10-4-2-1-3-5-10/h1-5H,6-9H2. The van der Waals surface area contributed by atoms with E-state index in [2.05, 4.69) is 35.2 Å². The lowest BCUT2D eigenvalue weighted by molar-refractivity contribution is 0.247. The molecule has 0 N–H and O–H groups in total. The van der Waals surface area contributed by atoms with Crippen molar-refractivity contribution in [1.82, 2.24) is 4.90 Å². The molecule has 1 aromatic heterocycles. The predicted octanol–water partition coefficient (Wildman–Crippen LogP) is 4.10. The van der Waals surface area contributed by atoms with E-state index in [1.807, 2.05) is 10.3 Å². The molecule has 0 saturated carbocycles. The van der Waals surface area contributed by atoms with Gasteiger partial charge in [0.05, 0.1) is 0 Å². The van der Waals surface area contributed by atoms with Gasteiger partial charge in [0.2, 0.25) is 0 Å². The molecule has 0 radical (unpaired) electrons. The van der Waals surface area contributed by atoms with Crippen molar-refractivity contribution >= 4 is 32.9 Å². The summed E-state index contributed by atoms with van der Waals surface area (Å²) in [4.78, 5) is 4.01. The van der Waals surface area contributed by atoms with Gasteiger partial charge < -0.3 is 0 Å². The molecular weight excluding hydrogens is 266 g/mol. The Morgan fingerprint density at radius 1 is 1.18 bits per heavy atom. The summed E-state index contributed by atoms with van der Waals surface area (Å²) in [6, 6.07) is 10.7. The number of hydrogen-bond acceptors (Lipinski definition) is 4. The number of rotatable bonds is 2. The second-order valence-electron chi connectivity index (χ2n) is 4.30. The van der Waals surface area contributed by atoms with Crippen molar-refractivity contribution in [2.75, 3.05) is 6.54 Å². The first kappa shape index (κ1) is 11.5. The smallest absolute Gasteiger partial charge is 0.106 e. The number of hydrogen-bond donors (Lipinski definition) is 0. The normalized spacial score (nSPS) is 15.8. The topological polar surface area (TPSA) is 3.24 Å². The Morgan fingerprint density at radius 2 is 2.00 bits per heavy atom. The number of benzene rings is 1. The number of nitrogens with zero attached hydrogens (tertiary/aromatic N) is 1. The molecule has 4 heteroatoms. The van der Waals surface area contributed by atoms with Gasteiger partial charge in [-0.1, -0.05) is 63.2 Å². The van der Waals surface area contributed by atoms with E-state index in [1.54, 1.807) is 10.3 Å². The van der Waals surface area contributed by atoms with Crippen LogP contribution in [0.2, 0.25) is 0 Å². The third kappa shape index (κ3) is 2.50. The van der Waals surface area contributed by atoms with Gasteiger partial charge in [-0.05, 0) is 12.0 Å². The molecule has 0 spiro atoms. The molecule has 0 aliphatic carbocycles. The number of fused-ring (bicyclic) bond motifs is 1. The Kier molecular flexibility index (Phi) is 3.38. The minimum absolute atomic E-state index is 1.03. The molecule has 0 fully saturated rings. The molecule has 2 heterocycles. The molecular formula is C13H13NS3. The lowest BCUT2D eigenvalue weighted by atomic mass is 10.1. The molecule has 17 heavy (non-hydrogen) atoms. The molecule has 1 aromatic carbocycles. The van der Waals surface area contributed by atoms with Crippen LogP contribution in [0, 0.1) is 3.82 Å². The van der Waals surface area contributed by atoms with Crippen LogP contribution in [0.5, 0.6) is 0 Å². The quantitative estimate of drug-likeness (QED) is 0.601. The molecule has 1 nitrogen and oxygen atoms in total. The van der Waals surface area contributed by atoms with E-state index >= 15 is 0 Å². The van der Waals surface area contributed by atoms with E-state index < -0.39 is 0 Å². The fourth-order valence-corrected chi connectivity index (χ4v) is 5.10. The minimum atomic E-state index is 1.03. The van der Waals surface area contributed by atoms with Gasteiger partial charge in [0, 0.05) is 30.1 Å². The Morgan fingerprint density at radius 3 is 2.82 bits per heavy atom. The molecule has 2 aromatic rings. The van der Waals surface area contributed by atoms with Crippen molar-refractivity contribution in [1.29, 1.82) is 0 Å². The molecule has 1 aliphatic rings. The molecule has 0 amide bonds. The van der Waals surface area contributed by atoms with Crippen LogP contribution in [-0.4, -0.2) is 11.4 Å². The van der Waals surface area contributed by atoms with Gasteiger partial charge in [-0.2, -0.15) is 0 Å². The van der Waals surface area contributed by atoms with Gasteiger partial charge in [0.25, 0.3) is 0 Å². The average Bonchev–Trinajstić information content (AvgIpc) is 2.73. The van der Waals surface area contributed by atoms with E-state index in [0.29, 0.717) is 0 Å². The maximum atomic E-state index is 5.39. The van der Waals surface area contributed by atoms with Gasteiger partial charge in [-0.15, -0.1) is 0 Å². The SMILES string of the molecule is S=c1ssc2c1CN(Cc1ccccc1)CC2. The molecule has 0 saturated heterocycles. The molecule has 3 rings (SSSR count). The van der Waals surface area contributed by atoms with Gasteiger partial charge in [-0.25, -0.2) is 0 Å². The fraction of sp³-hybridized carbons (Fsp3) is 0.308. The van der Waals surface area contributed by atoms with Crippen LogP contribution in [0.25, 0.3) is 0 Å². The lowest BCUT2D eigenvalue weighted by Gasteiger charge is -2.26. The summed E-state index contributed by atoms with van der Waals surface area (Å²) < 4.78 is 1.10. The first-order valence-electron chi connectivity index (χ1n) is 5.70. The Labute approximate surface area is 114 Å². The summed E-state index contributed by atoms with van der Waals surface area (Å²) in [5.74, 6) is 0. The zero-order chi connectivity index (χ0) is 11.7.